The maximum absolute atomic E-state index is 14.2. The van der Waals surface area contributed by atoms with E-state index in [9.17, 15) is 14.0 Å². The summed E-state index contributed by atoms with van der Waals surface area (Å²) in [7, 11) is 0. The van der Waals surface area contributed by atoms with Crippen LogP contribution in [0.3, 0.4) is 0 Å². The Labute approximate surface area is 143 Å². The SMILES string of the molecule is Cc1ccc(C(NC(=O)c2ccc(=O)[nH]c2)c2ncccc2F)cc1. The Balaban J connectivity index is 1.98. The van der Waals surface area contributed by atoms with E-state index < -0.39 is 17.8 Å². The smallest absolute Gasteiger partial charge is 0.253 e. The fourth-order valence-corrected chi connectivity index (χ4v) is 2.45. The molecule has 3 rings (SSSR count). The van der Waals surface area contributed by atoms with Crippen LogP contribution in [-0.4, -0.2) is 15.9 Å². The fourth-order valence-electron chi connectivity index (χ4n) is 2.45. The van der Waals surface area contributed by atoms with Gasteiger partial charge in [0, 0.05) is 18.5 Å². The number of aromatic nitrogens is 2. The number of aromatic amines is 1. The minimum atomic E-state index is -0.749. The van der Waals surface area contributed by atoms with Gasteiger partial charge in [-0.05, 0) is 30.7 Å². The molecule has 1 amide bonds. The third-order valence-corrected chi connectivity index (χ3v) is 3.79. The predicted molar refractivity (Wildman–Crippen MR) is 91.7 cm³/mol. The van der Waals surface area contributed by atoms with Crippen LogP contribution >= 0.6 is 0 Å². The second kappa shape index (κ2) is 7.09. The minimum Gasteiger partial charge on any atom is -0.339 e. The van der Waals surface area contributed by atoms with Crippen LogP contribution in [0.25, 0.3) is 0 Å². The summed E-state index contributed by atoms with van der Waals surface area (Å²) in [5, 5.41) is 2.78. The largest absolute Gasteiger partial charge is 0.339 e. The van der Waals surface area contributed by atoms with Crippen molar-refractivity contribution in [2.24, 2.45) is 0 Å². The van der Waals surface area contributed by atoms with Crippen LogP contribution in [0.2, 0.25) is 0 Å². The average Bonchev–Trinajstić information content (AvgIpc) is 2.62. The maximum Gasteiger partial charge on any atom is 0.253 e. The molecule has 0 fully saturated rings. The lowest BCUT2D eigenvalue weighted by Gasteiger charge is -2.19. The standard InChI is InChI=1S/C19H16FN3O2/c1-12-4-6-13(7-5-12)17(18-15(20)3-2-10-21-18)23-19(25)14-8-9-16(24)22-11-14/h2-11,17H,1H3,(H,22,24)(H,23,25). The molecule has 1 aromatic carbocycles. The summed E-state index contributed by atoms with van der Waals surface area (Å²) in [6.45, 7) is 1.94. The highest BCUT2D eigenvalue weighted by Gasteiger charge is 2.22. The molecule has 2 N–H and O–H groups in total. The van der Waals surface area contributed by atoms with Gasteiger partial charge in [0.1, 0.15) is 11.5 Å². The molecule has 1 atom stereocenters. The Morgan fingerprint density at radius 3 is 2.56 bits per heavy atom. The van der Waals surface area contributed by atoms with E-state index in [-0.39, 0.29) is 16.8 Å². The first-order valence-electron chi connectivity index (χ1n) is 7.71. The molecule has 0 radical (unpaired) electrons. The first kappa shape index (κ1) is 16.6. The number of carbonyl (C=O) groups excluding carboxylic acids is 1. The monoisotopic (exact) mass is 337 g/mol. The number of pyridine rings is 2. The van der Waals surface area contributed by atoms with E-state index in [0.717, 1.165) is 5.56 Å². The number of benzene rings is 1. The zero-order valence-corrected chi connectivity index (χ0v) is 13.5. The van der Waals surface area contributed by atoms with Gasteiger partial charge in [0.15, 0.2) is 0 Å². The van der Waals surface area contributed by atoms with Crippen LogP contribution in [0.4, 0.5) is 4.39 Å². The normalized spacial score (nSPS) is 11.8. The Morgan fingerprint density at radius 1 is 1.16 bits per heavy atom. The molecule has 5 nitrogen and oxygen atoms in total. The van der Waals surface area contributed by atoms with Gasteiger partial charge in [-0.2, -0.15) is 0 Å². The molecule has 3 aromatic rings. The summed E-state index contributed by atoms with van der Waals surface area (Å²) in [5.41, 5.74) is 1.86. The number of hydrogen-bond donors (Lipinski definition) is 2. The summed E-state index contributed by atoms with van der Waals surface area (Å²) >= 11 is 0. The number of nitrogens with zero attached hydrogens (tertiary/aromatic N) is 1. The molecule has 25 heavy (non-hydrogen) atoms. The number of rotatable bonds is 4. The van der Waals surface area contributed by atoms with Crippen LogP contribution in [0.15, 0.2) is 65.7 Å². The first-order chi connectivity index (χ1) is 12.0. The third-order valence-electron chi connectivity index (χ3n) is 3.79. The lowest BCUT2D eigenvalue weighted by atomic mass is 10.0. The molecule has 2 aromatic heterocycles. The Bertz CT molecular complexity index is 931. The van der Waals surface area contributed by atoms with Crippen molar-refractivity contribution in [3.8, 4) is 0 Å². The summed E-state index contributed by atoms with van der Waals surface area (Å²) in [4.78, 5) is 30.2. The molecule has 0 aliphatic carbocycles. The van der Waals surface area contributed by atoms with Crippen molar-refractivity contribution in [3.63, 3.8) is 0 Å². The van der Waals surface area contributed by atoms with Crippen LogP contribution in [0.5, 0.6) is 0 Å². The first-order valence-corrected chi connectivity index (χ1v) is 7.71. The van der Waals surface area contributed by atoms with Crippen molar-refractivity contribution in [1.82, 2.24) is 15.3 Å². The Morgan fingerprint density at radius 2 is 1.92 bits per heavy atom. The van der Waals surface area contributed by atoms with Gasteiger partial charge in [-0.25, -0.2) is 4.39 Å². The topological polar surface area (TPSA) is 74.8 Å². The number of H-pyrrole nitrogens is 1. The summed E-state index contributed by atoms with van der Waals surface area (Å²) < 4.78 is 14.2. The summed E-state index contributed by atoms with van der Waals surface area (Å²) in [6.07, 6.45) is 2.80. The number of aryl methyl sites for hydroxylation is 1. The highest BCUT2D eigenvalue weighted by molar-refractivity contribution is 5.94. The van der Waals surface area contributed by atoms with Gasteiger partial charge in [-0.1, -0.05) is 29.8 Å². The van der Waals surface area contributed by atoms with E-state index >= 15 is 0 Å². The molecule has 0 saturated carbocycles. The average molecular weight is 337 g/mol. The number of hydrogen-bond acceptors (Lipinski definition) is 3. The highest BCUT2D eigenvalue weighted by Crippen LogP contribution is 2.23. The Kier molecular flexibility index (Phi) is 4.70. The summed E-state index contributed by atoms with van der Waals surface area (Å²) in [5.74, 6) is -0.943. The van der Waals surface area contributed by atoms with Crippen LogP contribution in [-0.2, 0) is 0 Å². The molecule has 0 spiro atoms. The lowest BCUT2D eigenvalue weighted by Crippen LogP contribution is -2.31. The van der Waals surface area contributed by atoms with Gasteiger partial charge < -0.3 is 10.3 Å². The van der Waals surface area contributed by atoms with Crippen molar-refractivity contribution in [1.29, 1.82) is 0 Å². The molecule has 0 bridgehead atoms. The van der Waals surface area contributed by atoms with Crippen molar-refractivity contribution in [2.75, 3.05) is 0 Å². The van der Waals surface area contributed by atoms with Crippen molar-refractivity contribution in [3.05, 3.63) is 99.5 Å². The zero-order chi connectivity index (χ0) is 17.8. The molecule has 2 heterocycles. The van der Waals surface area contributed by atoms with Gasteiger partial charge >= 0.3 is 0 Å². The van der Waals surface area contributed by atoms with Gasteiger partial charge in [-0.3, -0.25) is 14.6 Å². The van der Waals surface area contributed by atoms with E-state index in [2.05, 4.69) is 15.3 Å². The number of amides is 1. The lowest BCUT2D eigenvalue weighted by molar-refractivity contribution is 0.0941. The van der Waals surface area contributed by atoms with E-state index in [0.29, 0.717) is 5.56 Å². The molecule has 126 valence electrons. The van der Waals surface area contributed by atoms with E-state index in [4.69, 9.17) is 0 Å². The van der Waals surface area contributed by atoms with E-state index in [1.54, 1.807) is 0 Å². The molecule has 1 unspecified atom stereocenters. The second-order valence-electron chi connectivity index (χ2n) is 5.63. The van der Waals surface area contributed by atoms with E-state index in [1.807, 2.05) is 31.2 Å². The molecular formula is C19H16FN3O2. The van der Waals surface area contributed by atoms with Crippen molar-refractivity contribution < 1.29 is 9.18 Å². The van der Waals surface area contributed by atoms with Crippen molar-refractivity contribution >= 4 is 5.91 Å². The molecule has 6 heteroatoms. The number of halogens is 1. The van der Waals surface area contributed by atoms with Gasteiger partial charge in [0.2, 0.25) is 5.56 Å². The van der Waals surface area contributed by atoms with Gasteiger partial charge in [0.25, 0.3) is 5.91 Å². The molecular weight excluding hydrogens is 321 g/mol. The number of nitrogens with one attached hydrogen (secondary N) is 2. The highest BCUT2D eigenvalue weighted by atomic mass is 19.1. The molecule has 0 aliphatic heterocycles. The molecule has 0 aliphatic rings. The fraction of sp³-hybridized carbons (Fsp3) is 0.105. The van der Waals surface area contributed by atoms with Gasteiger partial charge in [0.05, 0.1) is 11.6 Å². The zero-order valence-electron chi connectivity index (χ0n) is 13.5. The Hall–Kier alpha value is -3.28. The minimum absolute atomic E-state index is 0.129. The van der Waals surface area contributed by atoms with Crippen LogP contribution < -0.4 is 10.9 Å². The van der Waals surface area contributed by atoms with Crippen molar-refractivity contribution in [2.45, 2.75) is 13.0 Å². The van der Waals surface area contributed by atoms with E-state index in [1.165, 1.54) is 36.7 Å². The third kappa shape index (κ3) is 3.80. The molecule has 0 saturated heterocycles. The van der Waals surface area contributed by atoms with Gasteiger partial charge in [-0.15, -0.1) is 0 Å². The number of carbonyl (C=O) groups is 1. The maximum atomic E-state index is 14.2. The summed E-state index contributed by atoms with van der Waals surface area (Å²) in [6, 6.07) is 12.1. The predicted octanol–water partition coefficient (Wildman–Crippen LogP) is 2.74. The van der Waals surface area contributed by atoms with Crippen LogP contribution in [0.1, 0.15) is 33.2 Å². The quantitative estimate of drug-likeness (QED) is 0.769. The second-order valence-corrected chi connectivity index (χ2v) is 5.63. The van der Waals surface area contributed by atoms with Crippen LogP contribution in [0, 0.1) is 12.7 Å².